The Labute approximate surface area is 113 Å². The minimum absolute atomic E-state index is 0.721. The average Bonchev–Trinajstić information content (AvgIpc) is 2.81. The van der Waals surface area contributed by atoms with Crippen LogP contribution in [0.2, 0.25) is 0 Å². The lowest BCUT2D eigenvalue weighted by Gasteiger charge is -2.26. The van der Waals surface area contributed by atoms with E-state index in [4.69, 9.17) is 9.47 Å². The van der Waals surface area contributed by atoms with Crippen molar-refractivity contribution in [2.75, 3.05) is 39.5 Å². The van der Waals surface area contributed by atoms with Gasteiger partial charge in [-0.3, -0.25) is 4.90 Å². The Balaban J connectivity index is 1.56. The summed E-state index contributed by atoms with van der Waals surface area (Å²) in [7, 11) is 2.03. The molecule has 0 atom stereocenters. The summed E-state index contributed by atoms with van der Waals surface area (Å²) < 4.78 is 13.2. The van der Waals surface area contributed by atoms with Crippen molar-refractivity contribution >= 4 is 10.9 Å². The Bertz CT molecular complexity index is 544. The van der Waals surface area contributed by atoms with Gasteiger partial charge in [0.05, 0.1) is 13.2 Å². The van der Waals surface area contributed by atoms with Gasteiger partial charge in [0.2, 0.25) is 0 Å². The number of nitrogens with zero attached hydrogens (tertiary/aromatic N) is 2. The average molecular weight is 259 g/mol. The lowest BCUT2D eigenvalue weighted by atomic mass is 10.2. The Kier molecular flexibility index (Phi) is 3.71. The number of morpholine rings is 1. The highest BCUT2D eigenvalue weighted by Gasteiger charge is 2.09. The fourth-order valence-electron chi connectivity index (χ4n) is 2.38. The number of hydrogen-bond donors (Lipinski definition) is 0. The van der Waals surface area contributed by atoms with Crippen molar-refractivity contribution in [1.29, 1.82) is 0 Å². The molecule has 0 aliphatic carbocycles. The molecule has 0 spiro atoms. The molecular formula is C15H19N2O2. The van der Waals surface area contributed by atoms with E-state index < -0.39 is 0 Å². The monoisotopic (exact) mass is 259 g/mol. The standard InChI is InChI=1S/C15H19N2O2/c1-16-5-4-13-12-14(2-3-15(13)16)19-11-8-17-6-9-18-10-7-17/h2-3,5,12H,6-11H2,1H3. The molecule has 1 aliphatic heterocycles. The number of aryl methyl sites for hydroxylation is 1. The fourth-order valence-corrected chi connectivity index (χ4v) is 2.38. The van der Waals surface area contributed by atoms with Gasteiger partial charge in [-0.2, -0.15) is 0 Å². The van der Waals surface area contributed by atoms with Gasteiger partial charge in [0.15, 0.2) is 0 Å². The van der Waals surface area contributed by atoms with E-state index in [0.29, 0.717) is 0 Å². The Morgan fingerprint density at radius 1 is 1.32 bits per heavy atom. The minimum Gasteiger partial charge on any atom is -0.492 e. The molecule has 4 heteroatoms. The van der Waals surface area contributed by atoms with E-state index in [-0.39, 0.29) is 0 Å². The van der Waals surface area contributed by atoms with E-state index >= 15 is 0 Å². The number of ether oxygens (including phenoxy) is 2. The molecule has 1 aromatic carbocycles. The number of rotatable bonds is 4. The zero-order valence-electron chi connectivity index (χ0n) is 11.3. The SMILES string of the molecule is Cn1c[c]c2cc(OCCN3CCOCC3)ccc21. The third-order valence-electron chi connectivity index (χ3n) is 3.54. The van der Waals surface area contributed by atoms with Gasteiger partial charge in [-0.05, 0) is 18.2 Å². The molecule has 3 rings (SSSR count). The van der Waals surface area contributed by atoms with E-state index in [1.165, 1.54) is 5.52 Å². The predicted molar refractivity (Wildman–Crippen MR) is 74.5 cm³/mol. The molecule has 4 nitrogen and oxygen atoms in total. The normalized spacial score (nSPS) is 16.9. The van der Waals surface area contributed by atoms with Gasteiger partial charge in [0.1, 0.15) is 12.4 Å². The first-order valence-electron chi connectivity index (χ1n) is 6.72. The predicted octanol–water partition coefficient (Wildman–Crippen LogP) is 1.69. The summed E-state index contributed by atoms with van der Waals surface area (Å²) in [4.78, 5) is 2.37. The second-order valence-corrected chi connectivity index (χ2v) is 4.87. The van der Waals surface area contributed by atoms with Crippen LogP contribution in [0.1, 0.15) is 0 Å². The smallest absolute Gasteiger partial charge is 0.120 e. The zero-order valence-corrected chi connectivity index (χ0v) is 11.3. The van der Waals surface area contributed by atoms with E-state index in [9.17, 15) is 0 Å². The first-order chi connectivity index (χ1) is 9.33. The van der Waals surface area contributed by atoms with Crippen molar-refractivity contribution in [3.05, 3.63) is 30.5 Å². The first kappa shape index (κ1) is 12.5. The van der Waals surface area contributed by atoms with Crippen LogP contribution >= 0.6 is 0 Å². The van der Waals surface area contributed by atoms with Crippen LogP contribution in [0.25, 0.3) is 10.9 Å². The Morgan fingerprint density at radius 3 is 3.00 bits per heavy atom. The second-order valence-electron chi connectivity index (χ2n) is 4.87. The van der Waals surface area contributed by atoms with Crippen molar-refractivity contribution in [2.24, 2.45) is 7.05 Å². The van der Waals surface area contributed by atoms with Gasteiger partial charge >= 0.3 is 0 Å². The fraction of sp³-hybridized carbons (Fsp3) is 0.467. The van der Waals surface area contributed by atoms with Crippen LogP contribution in [0.4, 0.5) is 0 Å². The molecule has 0 unspecified atom stereocenters. The van der Waals surface area contributed by atoms with Gasteiger partial charge in [-0.1, -0.05) is 0 Å². The topological polar surface area (TPSA) is 26.6 Å². The van der Waals surface area contributed by atoms with Gasteiger partial charge in [0.25, 0.3) is 0 Å². The molecule has 1 radical (unpaired) electrons. The summed E-state index contributed by atoms with van der Waals surface area (Å²) in [6.07, 6.45) is 1.95. The summed E-state index contributed by atoms with van der Waals surface area (Å²) in [5, 5.41) is 1.10. The van der Waals surface area contributed by atoms with Crippen LogP contribution < -0.4 is 4.74 Å². The molecule has 0 N–H and O–H groups in total. The first-order valence-corrected chi connectivity index (χ1v) is 6.72. The molecule has 101 valence electrons. The van der Waals surface area contributed by atoms with Crippen LogP contribution in [0, 0.1) is 6.07 Å². The third-order valence-corrected chi connectivity index (χ3v) is 3.54. The highest BCUT2D eigenvalue weighted by Crippen LogP contribution is 2.20. The van der Waals surface area contributed by atoms with E-state index in [1.807, 2.05) is 19.3 Å². The maximum absolute atomic E-state index is 5.81. The summed E-state index contributed by atoms with van der Waals surface area (Å²) in [5.74, 6) is 0.920. The molecule has 19 heavy (non-hydrogen) atoms. The molecule has 0 amide bonds. The molecule has 2 aromatic rings. The number of aromatic nitrogens is 1. The summed E-state index contributed by atoms with van der Waals surface area (Å²) >= 11 is 0. The van der Waals surface area contributed by atoms with Gasteiger partial charge in [-0.15, -0.1) is 0 Å². The minimum atomic E-state index is 0.721. The van der Waals surface area contributed by atoms with Crippen LogP contribution in [0.5, 0.6) is 5.75 Å². The molecule has 1 saturated heterocycles. The van der Waals surface area contributed by atoms with Crippen LogP contribution in [0.15, 0.2) is 24.4 Å². The number of benzene rings is 1. The lowest BCUT2D eigenvalue weighted by molar-refractivity contribution is 0.0322. The molecule has 0 bridgehead atoms. The van der Waals surface area contributed by atoms with Crippen LogP contribution in [-0.2, 0) is 11.8 Å². The van der Waals surface area contributed by atoms with Crippen molar-refractivity contribution in [3.8, 4) is 5.75 Å². The molecular weight excluding hydrogens is 240 g/mol. The van der Waals surface area contributed by atoms with E-state index in [2.05, 4.69) is 27.7 Å². The van der Waals surface area contributed by atoms with Crippen LogP contribution in [-0.4, -0.2) is 48.9 Å². The molecule has 1 fully saturated rings. The molecule has 2 heterocycles. The maximum Gasteiger partial charge on any atom is 0.120 e. The largest absolute Gasteiger partial charge is 0.492 e. The van der Waals surface area contributed by atoms with E-state index in [0.717, 1.165) is 50.6 Å². The maximum atomic E-state index is 5.81. The van der Waals surface area contributed by atoms with Gasteiger partial charge in [-0.25, -0.2) is 0 Å². The Hall–Kier alpha value is -1.52. The molecule has 0 saturated carbocycles. The van der Waals surface area contributed by atoms with Gasteiger partial charge in [0, 0.05) is 49.8 Å². The van der Waals surface area contributed by atoms with Gasteiger partial charge < -0.3 is 14.0 Å². The lowest BCUT2D eigenvalue weighted by Crippen LogP contribution is -2.38. The van der Waals surface area contributed by atoms with Crippen molar-refractivity contribution in [1.82, 2.24) is 9.47 Å². The number of hydrogen-bond acceptors (Lipinski definition) is 3. The summed E-state index contributed by atoms with van der Waals surface area (Å²) in [6.45, 7) is 5.37. The van der Waals surface area contributed by atoms with Crippen molar-refractivity contribution in [2.45, 2.75) is 0 Å². The summed E-state index contributed by atoms with van der Waals surface area (Å²) in [5.41, 5.74) is 1.18. The summed E-state index contributed by atoms with van der Waals surface area (Å²) in [6, 6.07) is 9.38. The molecule has 1 aromatic heterocycles. The number of fused-ring (bicyclic) bond motifs is 1. The van der Waals surface area contributed by atoms with Crippen molar-refractivity contribution in [3.63, 3.8) is 0 Å². The second kappa shape index (κ2) is 5.63. The zero-order chi connectivity index (χ0) is 13.1. The van der Waals surface area contributed by atoms with Crippen molar-refractivity contribution < 1.29 is 9.47 Å². The van der Waals surface area contributed by atoms with E-state index in [1.54, 1.807) is 0 Å². The van der Waals surface area contributed by atoms with Crippen LogP contribution in [0.3, 0.4) is 0 Å². The molecule has 1 aliphatic rings. The highest BCUT2D eigenvalue weighted by atomic mass is 16.5. The quantitative estimate of drug-likeness (QED) is 0.836. The highest BCUT2D eigenvalue weighted by molar-refractivity contribution is 5.80. The Morgan fingerprint density at radius 2 is 2.16 bits per heavy atom. The third kappa shape index (κ3) is 2.91.